The first-order valence-electron chi connectivity index (χ1n) is 35.3. The van der Waals surface area contributed by atoms with E-state index in [-0.39, 0.29) is 19.1 Å². The Labute approximate surface area is 499 Å². The van der Waals surface area contributed by atoms with Crippen molar-refractivity contribution in [1.29, 1.82) is 0 Å². The van der Waals surface area contributed by atoms with Gasteiger partial charge in [-0.3, -0.25) is 9.36 Å². The highest BCUT2D eigenvalue weighted by molar-refractivity contribution is 7.45. The Hall–Kier alpha value is -1.28. The SMILES string of the molecule is CCCCCCC/C=C\C/C=C\C/C=C\CCCCCCCCCCCCC(=O)NC(COP(=O)([O-])OCC[N+](C)(C)C)C(O)CCCCCCCCCCCCCCCCCCCCCCCCCCCCCCCCCCC. The van der Waals surface area contributed by atoms with E-state index in [9.17, 15) is 19.4 Å². The zero-order chi connectivity index (χ0) is 58.4. The fourth-order valence-corrected chi connectivity index (χ4v) is 11.6. The Bertz CT molecular complexity index is 1400. The number of phosphoric ester groups is 1. The van der Waals surface area contributed by atoms with Crippen molar-refractivity contribution in [2.24, 2.45) is 0 Å². The van der Waals surface area contributed by atoms with Crippen LogP contribution in [0.25, 0.3) is 0 Å². The van der Waals surface area contributed by atoms with Gasteiger partial charge in [-0.05, 0) is 51.4 Å². The predicted molar refractivity (Wildman–Crippen MR) is 348 cm³/mol. The number of hydrogen-bond acceptors (Lipinski definition) is 6. The highest BCUT2D eigenvalue weighted by atomic mass is 31.2. The number of hydrogen-bond donors (Lipinski definition) is 2. The molecule has 0 aliphatic heterocycles. The quantitative estimate of drug-likeness (QED) is 0.0272. The first-order chi connectivity index (χ1) is 39.0. The lowest BCUT2D eigenvalue weighted by molar-refractivity contribution is -0.870. The molecule has 3 unspecified atom stereocenters. The standard InChI is InChI=1S/C71H139N2O6P/c1-6-8-10-12-14-16-18-20-22-24-26-28-30-32-33-34-35-36-37-38-39-41-42-44-46-48-50-52-54-56-58-60-62-64-70(74)69(68-79-80(76,77)78-67-66-73(3,4)5)72-71(75)65-63-61-59-57-55-53-51-49-47-45-43-40-31-29-27-25-23-21-19-17-15-13-11-9-7-2/h19,21,25,27,31,40,69-70,74H,6-18,20,22-24,26,28-30,32-39,41-68H2,1-5H3,(H-,72,75,76,77)/b21-19-,27-25-,40-31-. The minimum absolute atomic E-state index is 0.0119. The van der Waals surface area contributed by atoms with Gasteiger partial charge in [0.25, 0.3) is 7.82 Å². The summed E-state index contributed by atoms with van der Waals surface area (Å²) in [6, 6.07) is -0.805. The van der Waals surface area contributed by atoms with Crippen LogP contribution in [0, 0.1) is 0 Å². The van der Waals surface area contributed by atoms with Crippen molar-refractivity contribution >= 4 is 13.7 Å². The van der Waals surface area contributed by atoms with Crippen molar-refractivity contribution in [2.75, 3.05) is 40.9 Å². The van der Waals surface area contributed by atoms with Crippen LogP contribution in [0.3, 0.4) is 0 Å². The van der Waals surface area contributed by atoms with Crippen LogP contribution in [0.15, 0.2) is 36.5 Å². The first-order valence-corrected chi connectivity index (χ1v) is 36.8. The molecule has 0 spiro atoms. The summed E-state index contributed by atoms with van der Waals surface area (Å²) in [5, 5.41) is 14.1. The van der Waals surface area contributed by atoms with Crippen LogP contribution in [0.1, 0.15) is 361 Å². The van der Waals surface area contributed by atoms with Crippen LogP contribution in [-0.4, -0.2) is 68.5 Å². The van der Waals surface area contributed by atoms with Gasteiger partial charge in [-0.2, -0.15) is 0 Å². The third-order valence-corrected chi connectivity index (χ3v) is 17.3. The van der Waals surface area contributed by atoms with Crippen molar-refractivity contribution < 1.29 is 32.9 Å². The van der Waals surface area contributed by atoms with Gasteiger partial charge < -0.3 is 28.8 Å². The number of carbonyl (C=O) groups excluding carboxylic acids is 1. The molecule has 0 aliphatic rings. The highest BCUT2D eigenvalue weighted by Gasteiger charge is 2.24. The largest absolute Gasteiger partial charge is 0.756 e. The molecule has 0 heterocycles. The molecule has 0 aromatic heterocycles. The van der Waals surface area contributed by atoms with Gasteiger partial charge in [0.1, 0.15) is 13.2 Å². The Morgan fingerprint density at radius 1 is 0.438 bits per heavy atom. The van der Waals surface area contributed by atoms with Crippen molar-refractivity contribution in [2.45, 2.75) is 373 Å². The van der Waals surface area contributed by atoms with Crippen LogP contribution in [-0.2, 0) is 18.4 Å². The molecule has 80 heavy (non-hydrogen) atoms. The molecule has 0 saturated heterocycles. The lowest BCUT2D eigenvalue weighted by Crippen LogP contribution is -2.46. The van der Waals surface area contributed by atoms with Gasteiger partial charge in [-0.25, -0.2) is 0 Å². The number of carbonyl (C=O) groups is 1. The second kappa shape index (κ2) is 62.3. The molecule has 0 rings (SSSR count). The molecule has 9 heteroatoms. The molecule has 0 fully saturated rings. The van der Waals surface area contributed by atoms with E-state index < -0.39 is 20.0 Å². The third kappa shape index (κ3) is 64.3. The number of aliphatic hydroxyl groups is 1. The van der Waals surface area contributed by atoms with Crippen LogP contribution in [0.2, 0.25) is 0 Å². The van der Waals surface area contributed by atoms with E-state index in [2.05, 4.69) is 55.6 Å². The molecule has 0 aliphatic carbocycles. The Balaban J connectivity index is 4.01. The summed E-state index contributed by atoms with van der Waals surface area (Å²) in [7, 11) is 1.31. The molecule has 3 atom stereocenters. The van der Waals surface area contributed by atoms with Crippen LogP contribution >= 0.6 is 7.82 Å². The molecule has 1 amide bonds. The summed E-state index contributed by atoms with van der Waals surface area (Å²) < 4.78 is 23.5. The number of nitrogens with one attached hydrogen (secondary N) is 1. The van der Waals surface area contributed by atoms with Crippen LogP contribution < -0.4 is 10.2 Å². The number of nitrogens with zero attached hydrogens (tertiary/aromatic N) is 1. The van der Waals surface area contributed by atoms with E-state index in [1.807, 2.05) is 21.1 Å². The zero-order valence-electron chi connectivity index (χ0n) is 54.3. The smallest absolute Gasteiger partial charge is 0.268 e. The molecule has 0 radical (unpaired) electrons. The predicted octanol–water partition coefficient (Wildman–Crippen LogP) is 21.8. The van der Waals surface area contributed by atoms with Gasteiger partial charge in [-0.1, -0.05) is 339 Å². The minimum Gasteiger partial charge on any atom is -0.756 e. The number of allylic oxidation sites excluding steroid dienone is 6. The summed E-state index contributed by atoms with van der Waals surface area (Å²) >= 11 is 0. The fraction of sp³-hybridized carbons (Fsp3) is 0.901. The molecule has 474 valence electrons. The number of aliphatic hydroxyl groups excluding tert-OH is 1. The van der Waals surface area contributed by atoms with E-state index in [1.165, 1.54) is 283 Å². The van der Waals surface area contributed by atoms with Crippen molar-refractivity contribution in [3.05, 3.63) is 36.5 Å². The molecule has 0 bridgehead atoms. The highest BCUT2D eigenvalue weighted by Crippen LogP contribution is 2.38. The summed E-state index contributed by atoms with van der Waals surface area (Å²) in [6.45, 7) is 4.76. The topological polar surface area (TPSA) is 108 Å². The van der Waals surface area contributed by atoms with Gasteiger partial charge >= 0.3 is 0 Å². The van der Waals surface area contributed by atoms with Gasteiger partial charge in [0.2, 0.25) is 5.91 Å². The monoisotopic (exact) mass is 1150 g/mol. The van der Waals surface area contributed by atoms with E-state index in [1.54, 1.807) is 0 Å². The maximum absolute atomic E-state index is 13.0. The third-order valence-electron chi connectivity index (χ3n) is 16.4. The minimum atomic E-state index is -4.58. The summed E-state index contributed by atoms with van der Waals surface area (Å²) in [5.74, 6) is -0.164. The van der Waals surface area contributed by atoms with Crippen molar-refractivity contribution in [3.8, 4) is 0 Å². The van der Waals surface area contributed by atoms with E-state index in [0.717, 1.165) is 51.4 Å². The number of likely N-dealkylation sites (N-methyl/N-ethyl adjacent to an activating group) is 1. The second-order valence-electron chi connectivity index (χ2n) is 25.6. The van der Waals surface area contributed by atoms with Gasteiger partial charge in [0, 0.05) is 6.42 Å². The number of phosphoric acid groups is 1. The Kier molecular flexibility index (Phi) is 61.3. The number of rotatable bonds is 66. The number of quaternary nitrogens is 1. The molecule has 0 aromatic carbocycles. The number of amides is 1. The lowest BCUT2D eigenvalue weighted by atomic mass is 10.0. The van der Waals surface area contributed by atoms with Crippen molar-refractivity contribution in [1.82, 2.24) is 5.32 Å². The summed E-state index contributed by atoms with van der Waals surface area (Å²) in [4.78, 5) is 25.7. The maximum atomic E-state index is 13.0. The van der Waals surface area contributed by atoms with Gasteiger partial charge in [0.15, 0.2) is 0 Å². The summed E-state index contributed by atoms with van der Waals surface area (Å²) in [6.07, 6.45) is 82.2. The van der Waals surface area contributed by atoms with E-state index in [0.29, 0.717) is 23.9 Å². The summed E-state index contributed by atoms with van der Waals surface area (Å²) in [5.41, 5.74) is 0. The van der Waals surface area contributed by atoms with Crippen LogP contribution in [0.5, 0.6) is 0 Å². The zero-order valence-corrected chi connectivity index (χ0v) is 55.2. The Morgan fingerprint density at radius 2 is 0.725 bits per heavy atom. The molecule has 0 aromatic rings. The Morgan fingerprint density at radius 3 is 1.05 bits per heavy atom. The molecular formula is C71H139N2O6P. The first kappa shape index (κ1) is 78.7. The average Bonchev–Trinajstić information content (AvgIpc) is 3.42. The van der Waals surface area contributed by atoms with Gasteiger partial charge in [0.05, 0.1) is 39.9 Å². The lowest BCUT2D eigenvalue weighted by Gasteiger charge is -2.30. The number of unbranched alkanes of at least 4 members (excludes halogenated alkanes) is 47. The van der Waals surface area contributed by atoms with E-state index in [4.69, 9.17) is 9.05 Å². The normalized spacial score (nSPS) is 13.8. The molecule has 2 N–H and O–H groups in total. The van der Waals surface area contributed by atoms with Gasteiger partial charge in [-0.15, -0.1) is 0 Å². The second-order valence-corrected chi connectivity index (χ2v) is 27.0. The molecular weight excluding hydrogens is 1010 g/mol. The fourth-order valence-electron chi connectivity index (χ4n) is 10.9. The molecule has 8 nitrogen and oxygen atoms in total. The maximum Gasteiger partial charge on any atom is 0.268 e. The average molecular weight is 1150 g/mol. The van der Waals surface area contributed by atoms with Crippen molar-refractivity contribution in [3.63, 3.8) is 0 Å². The van der Waals surface area contributed by atoms with E-state index >= 15 is 0 Å². The van der Waals surface area contributed by atoms with Crippen LogP contribution in [0.4, 0.5) is 0 Å². The molecule has 0 saturated carbocycles.